The first kappa shape index (κ1) is 12.6. The Morgan fingerprint density at radius 2 is 1.16 bits per heavy atom. The monoisotopic (exact) mass is 266 g/mol. The third kappa shape index (κ3) is 2.93. The molecule has 2 aromatic carbocycles. The van der Waals surface area contributed by atoms with E-state index in [1.165, 1.54) is 16.7 Å². The Hall–Kier alpha value is -1.47. The molecule has 96 valence electrons. The van der Waals surface area contributed by atoms with Crippen LogP contribution in [0, 0.1) is 0 Å². The molecule has 2 aromatic rings. The molecule has 1 heteroatoms. The van der Waals surface area contributed by atoms with Crippen LogP contribution in [0.25, 0.3) is 0 Å². The minimum Gasteiger partial charge on any atom is -0.145 e. The molecule has 0 radical (unpaired) electrons. The highest BCUT2D eigenvalue weighted by Crippen LogP contribution is 2.51. The third-order valence-corrected chi connectivity index (χ3v) is 5.15. The summed E-state index contributed by atoms with van der Waals surface area (Å²) in [6.45, 7) is 4.25. The fourth-order valence-electron chi connectivity index (χ4n) is 2.63. The first-order chi connectivity index (χ1) is 9.33. The maximum atomic E-state index is 4.25. The Kier molecular flexibility index (Phi) is 3.74. The van der Waals surface area contributed by atoms with Gasteiger partial charge in [-0.25, -0.2) is 0 Å². The van der Waals surface area contributed by atoms with Crippen molar-refractivity contribution in [3.63, 3.8) is 0 Å². The lowest BCUT2D eigenvalue weighted by Gasteiger charge is -2.31. The third-order valence-electron chi connectivity index (χ3n) is 3.62. The second-order valence-electron chi connectivity index (χ2n) is 5.09. The van der Waals surface area contributed by atoms with Gasteiger partial charge in [0.25, 0.3) is 0 Å². The summed E-state index contributed by atoms with van der Waals surface area (Å²) in [5.74, 6) is 0. The van der Waals surface area contributed by atoms with Crippen LogP contribution in [0.15, 0.2) is 72.8 Å². The SMILES string of the molecule is C=C1C[C@@H](c2ccccc2)S[C@@H](c2ccccc2)C1. The molecule has 1 heterocycles. The van der Waals surface area contributed by atoms with Gasteiger partial charge in [0, 0.05) is 10.5 Å². The first-order valence-electron chi connectivity index (χ1n) is 6.75. The van der Waals surface area contributed by atoms with Crippen LogP contribution in [0.2, 0.25) is 0 Å². The molecule has 19 heavy (non-hydrogen) atoms. The normalized spacial score (nSPS) is 23.3. The van der Waals surface area contributed by atoms with Gasteiger partial charge in [0.1, 0.15) is 0 Å². The summed E-state index contributed by atoms with van der Waals surface area (Å²) in [6, 6.07) is 21.6. The van der Waals surface area contributed by atoms with E-state index in [4.69, 9.17) is 0 Å². The van der Waals surface area contributed by atoms with Crippen LogP contribution < -0.4 is 0 Å². The van der Waals surface area contributed by atoms with Crippen LogP contribution in [-0.2, 0) is 0 Å². The average Bonchev–Trinajstić information content (AvgIpc) is 2.48. The molecule has 1 aliphatic rings. The largest absolute Gasteiger partial charge is 0.145 e. The van der Waals surface area contributed by atoms with E-state index in [2.05, 4.69) is 79.0 Å². The quantitative estimate of drug-likeness (QED) is 0.642. The van der Waals surface area contributed by atoms with Gasteiger partial charge in [-0.05, 0) is 24.0 Å². The first-order valence-corrected chi connectivity index (χ1v) is 7.69. The second-order valence-corrected chi connectivity index (χ2v) is 6.50. The predicted molar refractivity (Wildman–Crippen MR) is 84.3 cm³/mol. The smallest absolute Gasteiger partial charge is 0.0340 e. The van der Waals surface area contributed by atoms with Crippen molar-refractivity contribution in [2.24, 2.45) is 0 Å². The summed E-state index contributed by atoms with van der Waals surface area (Å²) in [5, 5.41) is 1.10. The van der Waals surface area contributed by atoms with Crippen molar-refractivity contribution in [2.45, 2.75) is 23.3 Å². The summed E-state index contributed by atoms with van der Waals surface area (Å²) in [4.78, 5) is 0. The van der Waals surface area contributed by atoms with E-state index in [9.17, 15) is 0 Å². The van der Waals surface area contributed by atoms with Gasteiger partial charge in [-0.15, -0.1) is 11.8 Å². The molecule has 3 rings (SSSR count). The Morgan fingerprint density at radius 3 is 1.58 bits per heavy atom. The molecule has 0 amide bonds. The fourth-order valence-corrected chi connectivity index (χ4v) is 4.32. The van der Waals surface area contributed by atoms with E-state index in [0.717, 1.165) is 12.8 Å². The summed E-state index contributed by atoms with van der Waals surface area (Å²) in [5.41, 5.74) is 4.23. The maximum Gasteiger partial charge on any atom is 0.0340 e. The molecule has 0 saturated carbocycles. The molecule has 0 nitrogen and oxygen atoms in total. The van der Waals surface area contributed by atoms with Gasteiger partial charge in [0.15, 0.2) is 0 Å². The Labute approximate surface area is 119 Å². The number of allylic oxidation sites excluding steroid dienone is 1. The zero-order chi connectivity index (χ0) is 13.1. The lowest BCUT2D eigenvalue weighted by Crippen LogP contribution is -2.09. The fraction of sp³-hybridized carbons (Fsp3) is 0.222. The molecule has 1 aliphatic heterocycles. The molecule has 0 aliphatic carbocycles. The summed E-state index contributed by atoms with van der Waals surface area (Å²) < 4.78 is 0. The predicted octanol–water partition coefficient (Wildman–Crippen LogP) is 5.55. The number of benzene rings is 2. The molecule has 1 saturated heterocycles. The number of rotatable bonds is 2. The van der Waals surface area contributed by atoms with E-state index in [1.54, 1.807) is 0 Å². The molecule has 0 N–H and O–H groups in total. The van der Waals surface area contributed by atoms with Crippen molar-refractivity contribution in [1.29, 1.82) is 0 Å². The number of thioether (sulfide) groups is 1. The van der Waals surface area contributed by atoms with Crippen molar-refractivity contribution in [3.05, 3.63) is 83.9 Å². The minimum absolute atomic E-state index is 0.549. The zero-order valence-electron chi connectivity index (χ0n) is 11.0. The van der Waals surface area contributed by atoms with Crippen LogP contribution in [0.3, 0.4) is 0 Å². The van der Waals surface area contributed by atoms with Gasteiger partial charge in [-0.1, -0.05) is 72.8 Å². The second kappa shape index (κ2) is 5.66. The van der Waals surface area contributed by atoms with E-state index >= 15 is 0 Å². The van der Waals surface area contributed by atoms with Crippen molar-refractivity contribution < 1.29 is 0 Å². The lowest BCUT2D eigenvalue weighted by molar-refractivity contribution is 0.772. The van der Waals surface area contributed by atoms with Crippen molar-refractivity contribution >= 4 is 11.8 Å². The van der Waals surface area contributed by atoms with Crippen LogP contribution in [-0.4, -0.2) is 0 Å². The van der Waals surface area contributed by atoms with Crippen molar-refractivity contribution in [2.75, 3.05) is 0 Å². The molecule has 1 fully saturated rings. The molecule has 0 spiro atoms. The standard InChI is InChI=1S/C18H18S/c1-14-12-17(15-8-4-2-5-9-15)19-18(13-14)16-10-6-3-7-11-16/h2-11,17-18H,1,12-13H2/t17-,18+. The summed E-state index contributed by atoms with van der Waals surface area (Å²) in [6.07, 6.45) is 2.22. The summed E-state index contributed by atoms with van der Waals surface area (Å²) in [7, 11) is 0. The number of hydrogen-bond acceptors (Lipinski definition) is 1. The molecular weight excluding hydrogens is 248 g/mol. The van der Waals surface area contributed by atoms with E-state index < -0.39 is 0 Å². The Morgan fingerprint density at radius 1 is 0.737 bits per heavy atom. The maximum absolute atomic E-state index is 4.25. The molecule has 0 unspecified atom stereocenters. The van der Waals surface area contributed by atoms with Crippen molar-refractivity contribution in [1.82, 2.24) is 0 Å². The van der Waals surface area contributed by atoms with Crippen LogP contribution in [0.4, 0.5) is 0 Å². The zero-order valence-corrected chi connectivity index (χ0v) is 11.8. The van der Waals surface area contributed by atoms with Crippen molar-refractivity contribution in [3.8, 4) is 0 Å². The minimum atomic E-state index is 0.549. The van der Waals surface area contributed by atoms with Crippen LogP contribution >= 0.6 is 11.8 Å². The molecular formula is C18H18S. The van der Waals surface area contributed by atoms with Gasteiger partial charge in [-0.3, -0.25) is 0 Å². The van der Waals surface area contributed by atoms with Gasteiger partial charge in [-0.2, -0.15) is 0 Å². The Balaban J connectivity index is 1.84. The average molecular weight is 266 g/mol. The topological polar surface area (TPSA) is 0 Å². The van der Waals surface area contributed by atoms with E-state index in [0.29, 0.717) is 10.5 Å². The highest BCUT2D eigenvalue weighted by molar-refractivity contribution is 7.99. The van der Waals surface area contributed by atoms with E-state index in [1.807, 2.05) is 0 Å². The molecule has 2 atom stereocenters. The Bertz CT molecular complexity index is 495. The molecule has 0 bridgehead atoms. The number of hydrogen-bond donors (Lipinski definition) is 0. The van der Waals surface area contributed by atoms with Crippen LogP contribution in [0.1, 0.15) is 34.5 Å². The lowest BCUT2D eigenvalue weighted by atomic mass is 9.98. The molecule has 0 aromatic heterocycles. The van der Waals surface area contributed by atoms with Gasteiger partial charge < -0.3 is 0 Å². The van der Waals surface area contributed by atoms with Gasteiger partial charge in [0.05, 0.1) is 0 Å². The van der Waals surface area contributed by atoms with Gasteiger partial charge >= 0.3 is 0 Å². The van der Waals surface area contributed by atoms with E-state index in [-0.39, 0.29) is 0 Å². The van der Waals surface area contributed by atoms with Gasteiger partial charge in [0.2, 0.25) is 0 Å². The van der Waals surface area contributed by atoms with Crippen LogP contribution in [0.5, 0.6) is 0 Å². The highest BCUT2D eigenvalue weighted by Gasteiger charge is 2.26. The summed E-state index contributed by atoms with van der Waals surface area (Å²) >= 11 is 2.08. The highest BCUT2D eigenvalue weighted by atomic mass is 32.2.